The number of alkyl carbamates (subject to hydrolysis) is 1. The lowest BCUT2D eigenvalue weighted by Crippen LogP contribution is -2.47. The molecule has 1 aromatic carbocycles. The minimum absolute atomic E-state index is 0.0499. The van der Waals surface area contributed by atoms with Gasteiger partial charge in [-0.3, -0.25) is 0 Å². The van der Waals surface area contributed by atoms with E-state index in [9.17, 15) is 14.7 Å². The summed E-state index contributed by atoms with van der Waals surface area (Å²) < 4.78 is 5.17. The van der Waals surface area contributed by atoms with E-state index in [4.69, 9.17) is 9.72 Å². The normalized spacial score (nSPS) is 15.4. The first-order valence-corrected chi connectivity index (χ1v) is 13.1. The van der Waals surface area contributed by atoms with Gasteiger partial charge in [-0.2, -0.15) is 0 Å². The number of aromatic nitrogens is 3. The molecule has 3 aromatic rings. The van der Waals surface area contributed by atoms with Crippen molar-refractivity contribution in [3.63, 3.8) is 0 Å². The molecule has 0 saturated carbocycles. The number of nitrogens with one attached hydrogen (secondary N) is 3. The molecule has 0 spiro atoms. The lowest BCUT2D eigenvalue weighted by molar-refractivity contribution is -0.139. The number of carbonyl (C=O) groups excluding carboxylic acids is 1. The number of hydrogen-bond donors (Lipinski definition) is 4. The maximum atomic E-state index is 12.2. The quantitative estimate of drug-likeness (QED) is 0.325. The third-order valence-corrected chi connectivity index (χ3v) is 7.02. The number of pyridine rings is 1. The fourth-order valence-corrected chi connectivity index (χ4v) is 4.81. The Labute approximate surface area is 227 Å². The van der Waals surface area contributed by atoms with Gasteiger partial charge in [-0.05, 0) is 43.9 Å². The Bertz CT molecular complexity index is 1350. The molecule has 4 heterocycles. The summed E-state index contributed by atoms with van der Waals surface area (Å²) in [6, 6.07) is 12.3. The van der Waals surface area contributed by atoms with Crippen LogP contribution in [0.25, 0.3) is 0 Å². The molecule has 1 fully saturated rings. The van der Waals surface area contributed by atoms with Crippen LogP contribution in [0.1, 0.15) is 40.5 Å². The average Bonchev–Trinajstić information content (AvgIpc) is 2.91. The predicted molar refractivity (Wildman–Crippen MR) is 147 cm³/mol. The number of aliphatic carboxylic acids is 1. The SMILES string of the molecule is Cc1nc(NCC(NC(=O)OCc2ccccc2)C(=O)O)c(C)c(N2CC(c3ccc4c(n3)NCCC4)C2)n1. The zero-order valence-corrected chi connectivity index (χ0v) is 22.1. The average molecular weight is 532 g/mol. The molecule has 11 nitrogen and oxygen atoms in total. The van der Waals surface area contributed by atoms with Crippen molar-refractivity contribution in [2.24, 2.45) is 0 Å². The van der Waals surface area contributed by atoms with Crippen LogP contribution in [0.15, 0.2) is 42.5 Å². The minimum Gasteiger partial charge on any atom is -0.480 e. The van der Waals surface area contributed by atoms with Crippen LogP contribution in [-0.4, -0.2) is 64.3 Å². The standard InChI is InChI=1S/C28H33N7O4/c1-17-24(30-13-23(27(36)37)34-28(38)39-16-19-7-4-3-5-8-19)31-18(2)32-26(17)35-14-21(15-35)22-11-10-20-9-6-12-29-25(20)33-22/h3-5,7-8,10-11,21,23H,6,9,12-16H2,1-2H3,(H,29,33)(H,34,38)(H,36,37)(H,30,31,32). The van der Waals surface area contributed by atoms with Crippen LogP contribution in [0.3, 0.4) is 0 Å². The molecule has 39 heavy (non-hydrogen) atoms. The van der Waals surface area contributed by atoms with Gasteiger partial charge in [0, 0.05) is 43.4 Å². The van der Waals surface area contributed by atoms with E-state index in [0.717, 1.165) is 60.9 Å². The van der Waals surface area contributed by atoms with Gasteiger partial charge in [-0.25, -0.2) is 24.5 Å². The number of fused-ring (bicyclic) bond motifs is 1. The molecule has 2 aliphatic rings. The Hall–Kier alpha value is -4.41. The third kappa shape index (κ3) is 6.19. The zero-order valence-electron chi connectivity index (χ0n) is 22.1. The summed E-state index contributed by atoms with van der Waals surface area (Å²) in [5.74, 6) is 2.04. The third-order valence-electron chi connectivity index (χ3n) is 7.02. The monoisotopic (exact) mass is 531 g/mol. The van der Waals surface area contributed by atoms with E-state index < -0.39 is 18.1 Å². The second-order valence-corrected chi connectivity index (χ2v) is 9.92. The van der Waals surface area contributed by atoms with Gasteiger partial charge in [0.2, 0.25) is 0 Å². The molecule has 0 radical (unpaired) electrons. The fraction of sp³-hybridized carbons (Fsp3) is 0.393. The van der Waals surface area contributed by atoms with Crippen molar-refractivity contribution in [2.75, 3.05) is 41.7 Å². The van der Waals surface area contributed by atoms with Crippen molar-refractivity contribution in [3.8, 4) is 0 Å². The molecule has 0 aliphatic carbocycles. The zero-order chi connectivity index (χ0) is 27.4. The highest BCUT2D eigenvalue weighted by molar-refractivity contribution is 5.80. The molecule has 1 unspecified atom stereocenters. The van der Waals surface area contributed by atoms with Crippen molar-refractivity contribution < 1.29 is 19.4 Å². The first-order chi connectivity index (χ1) is 18.9. The van der Waals surface area contributed by atoms with E-state index >= 15 is 0 Å². The van der Waals surface area contributed by atoms with E-state index in [0.29, 0.717) is 17.6 Å². The summed E-state index contributed by atoms with van der Waals surface area (Å²) >= 11 is 0. The van der Waals surface area contributed by atoms with Gasteiger partial charge in [0.15, 0.2) is 0 Å². The number of rotatable bonds is 9. The number of carboxylic acids is 1. The number of amides is 1. The number of nitrogens with zero attached hydrogens (tertiary/aromatic N) is 4. The van der Waals surface area contributed by atoms with Crippen LogP contribution in [-0.2, 0) is 22.6 Å². The summed E-state index contributed by atoms with van der Waals surface area (Å²) in [6.45, 7) is 6.22. The molecular weight excluding hydrogens is 498 g/mol. The van der Waals surface area contributed by atoms with E-state index in [2.05, 4.69) is 43.0 Å². The van der Waals surface area contributed by atoms with Crippen LogP contribution in [0.2, 0.25) is 0 Å². The van der Waals surface area contributed by atoms with Crippen LogP contribution in [0.5, 0.6) is 0 Å². The summed E-state index contributed by atoms with van der Waals surface area (Å²) in [5.41, 5.74) is 3.98. The van der Waals surface area contributed by atoms with E-state index in [-0.39, 0.29) is 13.2 Å². The van der Waals surface area contributed by atoms with Gasteiger partial charge in [0.25, 0.3) is 0 Å². The summed E-state index contributed by atoms with van der Waals surface area (Å²) in [7, 11) is 0. The fourth-order valence-electron chi connectivity index (χ4n) is 4.81. The van der Waals surface area contributed by atoms with Crippen LogP contribution < -0.4 is 20.9 Å². The molecule has 1 amide bonds. The van der Waals surface area contributed by atoms with Crippen molar-refractivity contribution in [1.29, 1.82) is 0 Å². The predicted octanol–water partition coefficient (Wildman–Crippen LogP) is 3.24. The maximum Gasteiger partial charge on any atom is 0.408 e. The van der Waals surface area contributed by atoms with E-state index in [1.807, 2.05) is 37.3 Å². The van der Waals surface area contributed by atoms with E-state index in [1.165, 1.54) is 5.56 Å². The second kappa shape index (κ2) is 11.5. The van der Waals surface area contributed by atoms with Gasteiger partial charge in [-0.15, -0.1) is 0 Å². The lowest BCUT2D eigenvalue weighted by Gasteiger charge is -2.41. The first kappa shape index (κ1) is 26.2. The Morgan fingerprint density at radius 2 is 1.92 bits per heavy atom. The number of carbonyl (C=O) groups is 2. The van der Waals surface area contributed by atoms with Gasteiger partial charge in [0.1, 0.15) is 35.9 Å². The first-order valence-electron chi connectivity index (χ1n) is 13.1. The molecule has 0 bridgehead atoms. The maximum absolute atomic E-state index is 12.2. The lowest BCUT2D eigenvalue weighted by atomic mass is 9.94. The Morgan fingerprint density at radius 1 is 1.13 bits per heavy atom. The van der Waals surface area contributed by atoms with Gasteiger partial charge < -0.3 is 30.7 Å². The highest BCUT2D eigenvalue weighted by Gasteiger charge is 2.32. The number of hydrogen-bond acceptors (Lipinski definition) is 9. The number of anilines is 3. The smallest absolute Gasteiger partial charge is 0.408 e. The highest BCUT2D eigenvalue weighted by atomic mass is 16.5. The highest BCUT2D eigenvalue weighted by Crippen LogP contribution is 2.34. The molecule has 2 aromatic heterocycles. The number of benzene rings is 1. The van der Waals surface area contributed by atoms with Crippen molar-refractivity contribution in [2.45, 2.75) is 45.3 Å². The second-order valence-electron chi connectivity index (χ2n) is 9.92. The van der Waals surface area contributed by atoms with Gasteiger partial charge in [0.05, 0.1) is 0 Å². The topological polar surface area (TPSA) is 142 Å². The number of carboxylic acid groups (broad SMARTS) is 1. The molecule has 1 saturated heterocycles. The van der Waals surface area contributed by atoms with Crippen LogP contribution in [0, 0.1) is 13.8 Å². The summed E-state index contributed by atoms with van der Waals surface area (Å²) in [6.07, 6.45) is 1.39. The van der Waals surface area contributed by atoms with Crippen molar-refractivity contribution in [1.82, 2.24) is 20.3 Å². The largest absolute Gasteiger partial charge is 0.480 e. The van der Waals surface area contributed by atoms with Crippen LogP contribution >= 0.6 is 0 Å². The number of ether oxygens (including phenoxy) is 1. The molecule has 2 aliphatic heterocycles. The summed E-state index contributed by atoms with van der Waals surface area (Å²) in [5, 5.41) is 18.5. The van der Waals surface area contributed by atoms with Crippen LogP contribution in [0.4, 0.5) is 22.2 Å². The molecule has 1 atom stereocenters. The molecule has 11 heteroatoms. The minimum atomic E-state index is -1.21. The van der Waals surface area contributed by atoms with Gasteiger partial charge in [-0.1, -0.05) is 36.4 Å². The Morgan fingerprint density at radius 3 is 2.69 bits per heavy atom. The number of aryl methyl sites for hydroxylation is 2. The molecule has 4 N–H and O–H groups in total. The molecule has 5 rings (SSSR count). The van der Waals surface area contributed by atoms with E-state index in [1.54, 1.807) is 6.92 Å². The van der Waals surface area contributed by atoms with Gasteiger partial charge >= 0.3 is 12.1 Å². The summed E-state index contributed by atoms with van der Waals surface area (Å²) in [4.78, 5) is 40.2. The molecule has 204 valence electrons. The van der Waals surface area contributed by atoms with Crippen molar-refractivity contribution in [3.05, 3.63) is 70.7 Å². The Kier molecular flexibility index (Phi) is 7.76. The van der Waals surface area contributed by atoms with Crippen molar-refractivity contribution >= 4 is 29.5 Å². The Balaban J connectivity index is 1.19. The molecular formula is C28H33N7O4.